The van der Waals surface area contributed by atoms with Gasteiger partial charge in [0, 0.05) is 39.4 Å². The molecule has 0 aliphatic rings. The average molecular weight is 226 g/mol. The van der Waals surface area contributed by atoms with E-state index in [9.17, 15) is 0 Å². The summed E-state index contributed by atoms with van der Waals surface area (Å²) in [6.07, 6.45) is 0. The fourth-order valence-corrected chi connectivity index (χ4v) is 0. The summed E-state index contributed by atoms with van der Waals surface area (Å²) in [4.78, 5) is 8.25. The van der Waals surface area contributed by atoms with Crippen LogP contribution in [0.5, 0.6) is 0 Å². The molecule has 0 bridgehead atoms. The Balaban J connectivity index is -0.0000000450. The topological polar surface area (TPSA) is 66.2 Å². The van der Waals surface area contributed by atoms with E-state index < -0.39 is 5.09 Å². The van der Waals surface area contributed by atoms with Crippen molar-refractivity contribution in [2.45, 2.75) is 0 Å². The molecule has 0 aliphatic carbocycles. The number of rotatable bonds is 0. The summed E-state index contributed by atoms with van der Waals surface area (Å²) >= 11 is 0. The minimum Gasteiger partial charge on any atom is -0.356 e. The van der Waals surface area contributed by atoms with Gasteiger partial charge in [-0.25, -0.2) is 0 Å². The van der Waals surface area contributed by atoms with Crippen LogP contribution < -0.4 is 0 Å². The molecule has 0 aromatic carbocycles. The van der Waals surface area contributed by atoms with Crippen molar-refractivity contribution in [2.75, 3.05) is 0 Å². The van der Waals surface area contributed by atoms with Crippen LogP contribution in [0.15, 0.2) is 0 Å². The van der Waals surface area contributed by atoms with Crippen LogP contribution >= 0.6 is 0 Å². The predicted octanol–water partition coefficient (Wildman–Crippen LogP) is -0.244. The van der Waals surface area contributed by atoms with Gasteiger partial charge >= 0.3 is 0 Å². The first-order valence-corrected chi connectivity index (χ1v) is 0.548. The van der Waals surface area contributed by atoms with Gasteiger partial charge in [0.1, 0.15) is 0 Å². The third-order valence-corrected chi connectivity index (χ3v) is 0. The Morgan fingerprint density at radius 3 is 1.33 bits per heavy atom. The Kier molecular flexibility index (Phi) is 24.3. The van der Waals surface area contributed by atoms with Gasteiger partial charge in [-0.2, -0.15) is 0 Å². The second-order valence-electron chi connectivity index (χ2n) is 0.224. The molecule has 0 unspecified atom stereocenters. The summed E-state index contributed by atoms with van der Waals surface area (Å²) in [6.45, 7) is 0. The Labute approximate surface area is 60.0 Å². The Hall–Kier alpha value is 0.460. The van der Waals surface area contributed by atoms with Gasteiger partial charge in [0.2, 0.25) is 0 Å². The minimum atomic E-state index is -1.75. The fourth-order valence-electron chi connectivity index (χ4n) is 0. The number of nitrogens with zero attached hydrogens (tertiary/aromatic N) is 1. The number of hydrogen-bond donors (Lipinski definition) is 0. The first-order valence-electron chi connectivity index (χ1n) is 0.548. The van der Waals surface area contributed by atoms with Crippen molar-refractivity contribution in [1.29, 1.82) is 0 Å². The maximum Gasteiger partial charge on any atom is 0.0689 e. The van der Waals surface area contributed by atoms with E-state index in [1.165, 1.54) is 0 Å². The van der Waals surface area contributed by atoms with E-state index in [0.29, 0.717) is 0 Å². The quantitative estimate of drug-likeness (QED) is 0.325. The molecular weight excluding hydrogens is 226 g/mol. The van der Waals surface area contributed by atoms with Gasteiger partial charge in [-0.15, -0.1) is 0 Å². The Morgan fingerprint density at radius 2 is 1.33 bits per heavy atom. The van der Waals surface area contributed by atoms with Crippen molar-refractivity contribution in [2.24, 2.45) is 0 Å². The van der Waals surface area contributed by atoms with Crippen molar-refractivity contribution in [3.8, 4) is 0 Å². The zero-order valence-electron chi connectivity index (χ0n) is 2.33. The SMILES string of the molecule is O=[N+]([O-])[O-].[Ag].[Fe]. The van der Waals surface area contributed by atoms with Gasteiger partial charge in [0.25, 0.3) is 0 Å². The molecule has 0 rings (SSSR count). The van der Waals surface area contributed by atoms with E-state index in [-0.39, 0.29) is 39.4 Å². The largest absolute Gasteiger partial charge is 0.356 e. The van der Waals surface area contributed by atoms with Crippen LogP contribution in [0, 0.1) is 15.3 Å². The van der Waals surface area contributed by atoms with Gasteiger partial charge in [-0.3, -0.25) is 0 Å². The van der Waals surface area contributed by atoms with E-state index in [1.54, 1.807) is 0 Å². The van der Waals surface area contributed by atoms with E-state index in [0.717, 1.165) is 0 Å². The van der Waals surface area contributed by atoms with Crippen LogP contribution in [-0.4, -0.2) is 5.09 Å². The summed E-state index contributed by atoms with van der Waals surface area (Å²) in [5, 5.41) is 14.8. The minimum absolute atomic E-state index is 0. The van der Waals surface area contributed by atoms with Crippen LogP contribution in [0.1, 0.15) is 0 Å². The van der Waals surface area contributed by atoms with Crippen LogP contribution in [0.25, 0.3) is 0 Å². The first kappa shape index (κ1) is 16.1. The van der Waals surface area contributed by atoms with Crippen LogP contribution in [0.4, 0.5) is 0 Å². The molecule has 0 saturated heterocycles. The maximum absolute atomic E-state index is 8.25. The van der Waals surface area contributed by atoms with Crippen molar-refractivity contribution < 1.29 is 44.5 Å². The normalized spacial score (nSPS) is 4.00. The van der Waals surface area contributed by atoms with Crippen LogP contribution in [0.2, 0.25) is 0 Å². The molecule has 6 heavy (non-hydrogen) atoms. The maximum atomic E-state index is 8.25. The van der Waals surface area contributed by atoms with Gasteiger partial charge in [0.05, 0.1) is 5.09 Å². The van der Waals surface area contributed by atoms with Crippen molar-refractivity contribution in [1.82, 2.24) is 0 Å². The molecule has 0 spiro atoms. The molecule has 0 N–H and O–H groups in total. The molecule has 0 amide bonds. The third-order valence-electron chi connectivity index (χ3n) is 0. The van der Waals surface area contributed by atoms with Crippen LogP contribution in [-0.2, 0) is 39.4 Å². The van der Waals surface area contributed by atoms with Gasteiger partial charge < -0.3 is 15.3 Å². The molecule has 6 heteroatoms. The molecule has 1 radical (unpaired) electrons. The average Bonchev–Trinajstić information content (AvgIpc) is 0.811. The standard InChI is InChI=1S/Ag.Fe.NO3/c;;2-1(3)4/q;;-1. The summed E-state index contributed by atoms with van der Waals surface area (Å²) < 4.78 is 0. The Morgan fingerprint density at radius 1 is 1.33 bits per heavy atom. The molecule has 0 aliphatic heterocycles. The second-order valence-corrected chi connectivity index (χ2v) is 0.224. The molecule has 0 aromatic heterocycles. The monoisotopic (exact) mass is 225 g/mol. The van der Waals surface area contributed by atoms with Crippen molar-refractivity contribution in [3.63, 3.8) is 0 Å². The Bertz CT molecular complexity index is 33.8. The summed E-state index contributed by atoms with van der Waals surface area (Å²) in [6, 6.07) is 0. The zero-order chi connectivity index (χ0) is 3.58. The molecule has 4 nitrogen and oxygen atoms in total. The van der Waals surface area contributed by atoms with E-state index in [4.69, 9.17) is 15.3 Å². The summed E-state index contributed by atoms with van der Waals surface area (Å²) in [5.41, 5.74) is 0. The summed E-state index contributed by atoms with van der Waals surface area (Å²) in [7, 11) is 0. The first-order chi connectivity index (χ1) is 1.73. The van der Waals surface area contributed by atoms with E-state index in [1.807, 2.05) is 0 Å². The predicted molar refractivity (Wildman–Crippen MR) is 10.4 cm³/mol. The molecular formula is AgFeNO3-. The smallest absolute Gasteiger partial charge is 0.0689 e. The van der Waals surface area contributed by atoms with Gasteiger partial charge in [-0.1, -0.05) is 0 Å². The fraction of sp³-hybridized carbons (Fsp3) is 0. The zero-order valence-corrected chi connectivity index (χ0v) is 4.91. The van der Waals surface area contributed by atoms with Crippen molar-refractivity contribution >= 4 is 0 Å². The number of hydrogen-bond acceptors (Lipinski definition) is 3. The van der Waals surface area contributed by atoms with E-state index >= 15 is 0 Å². The molecule has 0 heterocycles. The summed E-state index contributed by atoms with van der Waals surface area (Å²) in [5.74, 6) is 0. The second kappa shape index (κ2) is 9.07. The molecule has 43 valence electrons. The third kappa shape index (κ3) is 253. The molecule has 0 fully saturated rings. The van der Waals surface area contributed by atoms with Gasteiger partial charge in [0.15, 0.2) is 0 Å². The van der Waals surface area contributed by atoms with Gasteiger partial charge in [-0.05, 0) is 0 Å². The van der Waals surface area contributed by atoms with E-state index in [2.05, 4.69) is 0 Å². The van der Waals surface area contributed by atoms with Crippen LogP contribution in [0.3, 0.4) is 0 Å². The van der Waals surface area contributed by atoms with Crippen molar-refractivity contribution in [3.05, 3.63) is 15.3 Å². The molecule has 0 atom stereocenters. The molecule has 0 saturated carbocycles. The molecule has 0 aromatic rings.